The third-order valence-electron chi connectivity index (χ3n) is 4.23. The topological polar surface area (TPSA) is 98.9 Å². The molecular weight excluding hydrogens is 402 g/mol. The van der Waals surface area contributed by atoms with Crippen LogP contribution in [0.1, 0.15) is 17.1 Å². The number of hydrogen-bond acceptors (Lipinski definition) is 5. The van der Waals surface area contributed by atoms with Crippen LogP contribution >= 0.6 is 11.6 Å². The SMILES string of the molecule is Cc1cc(=O)n(CCNS(=O)(=O)c2c(C)nn(-c3ccc(Cl)cc3)c2C)cn1. The Labute approximate surface area is 167 Å². The summed E-state index contributed by atoms with van der Waals surface area (Å²) in [4.78, 5) is 16.1. The molecule has 0 atom stereocenters. The van der Waals surface area contributed by atoms with Gasteiger partial charge in [-0.2, -0.15) is 5.10 Å². The summed E-state index contributed by atoms with van der Waals surface area (Å²) in [6.07, 6.45) is 1.40. The lowest BCUT2D eigenvalue weighted by atomic mass is 10.3. The summed E-state index contributed by atoms with van der Waals surface area (Å²) in [5.41, 5.74) is 1.97. The van der Waals surface area contributed by atoms with Crippen LogP contribution in [-0.4, -0.2) is 34.3 Å². The Morgan fingerprint density at radius 3 is 2.46 bits per heavy atom. The third-order valence-corrected chi connectivity index (χ3v) is 6.19. The Hall–Kier alpha value is -2.49. The summed E-state index contributed by atoms with van der Waals surface area (Å²) >= 11 is 5.91. The summed E-state index contributed by atoms with van der Waals surface area (Å²) in [5, 5.41) is 4.94. The Morgan fingerprint density at radius 1 is 1.14 bits per heavy atom. The van der Waals surface area contributed by atoms with Crippen molar-refractivity contribution in [3.8, 4) is 5.69 Å². The number of sulfonamides is 1. The molecule has 2 aromatic heterocycles. The zero-order valence-corrected chi connectivity index (χ0v) is 17.3. The van der Waals surface area contributed by atoms with Crippen LogP contribution in [0, 0.1) is 20.8 Å². The van der Waals surface area contributed by atoms with E-state index in [9.17, 15) is 13.2 Å². The number of hydrogen-bond donors (Lipinski definition) is 1. The van der Waals surface area contributed by atoms with Gasteiger partial charge in [-0.05, 0) is 45.0 Å². The van der Waals surface area contributed by atoms with Crippen molar-refractivity contribution in [1.82, 2.24) is 24.1 Å². The van der Waals surface area contributed by atoms with Crippen LogP contribution in [0.4, 0.5) is 0 Å². The summed E-state index contributed by atoms with van der Waals surface area (Å²) in [7, 11) is -3.80. The molecule has 0 aliphatic rings. The fraction of sp³-hybridized carbons (Fsp3) is 0.278. The minimum Gasteiger partial charge on any atom is -0.298 e. The lowest BCUT2D eigenvalue weighted by Crippen LogP contribution is -2.31. The highest BCUT2D eigenvalue weighted by atomic mass is 35.5. The van der Waals surface area contributed by atoms with Crippen molar-refractivity contribution in [3.63, 3.8) is 0 Å². The Kier molecular flexibility index (Phi) is 5.69. The Bertz CT molecular complexity index is 1170. The van der Waals surface area contributed by atoms with E-state index in [1.807, 2.05) is 0 Å². The van der Waals surface area contributed by atoms with Crippen molar-refractivity contribution in [2.24, 2.45) is 0 Å². The highest BCUT2D eigenvalue weighted by molar-refractivity contribution is 7.89. The molecule has 28 heavy (non-hydrogen) atoms. The Morgan fingerprint density at radius 2 is 1.82 bits per heavy atom. The zero-order valence-electron chi connectivity index (χ0n) is 15.7. The predicted octanol–water partition coefficient (Wildman–Crippen LogP) is 1.99. The fourth-order valence-electron chi connectivity index (χ4n) is 2.91. The fourth-order valence-corrected chi connectivity index (χ4v) is 4.44. The summed E-state index contributed by atoms with van der Waals surface area (Å²) in [6.45, 7) is 5.28. The van der Waals surface area contributed by atoms with E-state index in [1.54, 1.807) is 49.7 Å². The van der Waals surface area contributed by atoms with Gasteiger partial charge in [-0.3, -0.25) is 9.36 Å². The first kappa shape index (κ1) is 20.2. The second kappa shape index (κ2) is 7.86. The molecular formula is C18H20ClN5O3S. The smallest absolute Gasteiger partial charge is 0.253 e. The lowest BCUT2D eigenvalue weighted by Gasteiger charge is -2.09. The van der Waals surface area contributed by atoms with Gasteiger partial charge >= 0.3 is 0 Å². The van der Waals surface area contributed by atoms with Gasteiger partial charge in [0.1, 0.15) is 4.90 Å². The van der Waals surface area contributed by atoms with Crippen molar-refractivity contribution in [1.29, 1.82) is 0 Å². The number of aryl methyl sites for hydroxylation is 2. The molecule has 1 N–H and O–H groups in total. The highest BCUT2D eigenvalue weighted by Gasteiger charge is 2.24. The van der Waals surface area contributed by atoms with Gasteiger partial charge in [-0.25, -0.2) is 22.8 Å². The van der Waals surface area contributed by atoms with Gasteiger partial charge in [-0.1, -0.05) is 11.6 Å². The molecule has 1 aromatic carbocycles. The summed E-state index contributed by atoms with van der Waals surface area (Å²) in [6, 6.07) is 8.37. The van der Waals surface area contributed by atoms with E-state index in [1.165, 1.54) is 17.0 Å². The number of halogens is 1. The molecule has 0 radical (unpaired) electrons. The number of benzene rings is 1. The van der Waals surface area contributed by atoms with Crippen LogP contribution in [0.3, 0.4) is 0 Å². The second-order valence-electron chi connectivity index (χ2n) is 6.35. The molecule has 0 bridgehead atoms. The minimum atomic E-state index is -3.80. The van der Waals surface area contributed by atoms with Gasteiger partial charge in [0, 0.05) is 29.9 Å². The van der Waals surface area contributed by atoms with Crippen LogP contribution in [0.15, 0.2) is 46.3 Å². The van der Waals surface area contributed by atoms with E-state index in [2.05, 4.69) is 14.8 Å². The molecule has 0 spiro atoms. The first-order valence-corrected chi connectivity index (χ1v) is 10.4. The molecule has 8 nitrogen and oxygen atoms in total. The maximum atomic E-state index is 12.8. The lowest BCUT2D eigenvalue weighted by molar-refractivity contribution is 0.567. The van der Waals surface area contributed by atoms with Gasteiger partial charge < -0.3 is 0 Å². The van der Waals surface area contributed by atoms with Crippen molar-refractivity contribution in [3.05, 3.63) is 69.1 Å². The molecule has 0 amide bonds. The number of nitrogens with one attached hydrogen (secondary N) is 1. The average Bonchev–Trinajstić information content (AvgIpc) is 2.92. The van der Waals surface area contributed by atoms with E-state index < -0.39 is 10.0 Å². The van der Waals surface area contributed by atoms with Crippen molar-refractivity contribution < 1.29 is 8.42 Å². The Balaban J connectivity index is 1.81. The normalized spacial score (nSPS) is 11.7. The van der Waals surface area contributed by atoms with Crippen molar-refractivity contribution >= 4 is 21.6 Å². The van der Waals surface area contributed by atoms with E-state index in [0.717, 1.165) is 0 Å². The van der Waals surface area contributed by atoms with Gasteiger partial charge in [0.05, 0.1) is 23.4 Å². The minimum absolute atomic E-state index is 0.0536. The quantitative estimate of drug-likeness (QED) is 0.656. The van der Waals surface area contributed by atoms with Crippen molar-refractivity contribution in [2.75, 3.05) is 6.54 Å². The van der Waals surface area contributed by atoms with E-state index in [4.69, 9.17) is 11.6 Å². The van der Waals surface area contributed by atoms with E-state index >= 15 is 0 Å². The van der Waals surface area contributed by atoms with Gasteiger partial charge in [-0.15, -0.1) is 0 Å². The van der Waals surface area contributed by atoms with Crippen LogP contribution < -0.4 is 10.3 Å². The monoisotopic (exact) mass is 421 g/mol. The van der Waals surface area contributed by atoms with Crippen LogP contribution in [-0.2, 0) is 16.6 Å². The summed E-state index contributed by atoms with van der Waals surface area (Å²) in [5.74, 6) is 0. The first-order chi connectivity index (χ1) is 13.2. The molecule has 0 fully saturated rings. The van der Waals surface area contributed by atoms with Gasteiger partial charge in [0.15, 0.2) is 0 Å². The first-order valence-electron chi connectivity index (χ1n) is 8.54. The highest BCUT2D eigenvalue weighted by Crippen LogP contribution is 2.23. The molecule has 0 unspecified atom stereocenters. The molecule has 0 aliphatic carbocycles. The number of rotatable bonds is 6. The second-order valence-corrected chi connectivity index (χ2v) is 8.49. The number of nitrogens with zero attached hydrogens (tertiary/aromatic N) is 4. The summed E-state index contributed by atoms with van der Waals surface area (Å²) < 4.78 is 31.1. The third kappa shape index (κ3) is 4.16. The molecule has 148 valence electrons. The predicted molar refractivity (Wildman–Crippen MR) is 106 cm³/mol. The van der Waals surface area contributed by atoms with Crippen LogP contribution in [0.25, 0.3) is 5.69 Å². The molecule has 0 saturated carbocycles. The molecule has 0 saturated heterocycles. The largest absolute Gasteiger partial charge is 0.298 e. The zero-order chi connectivity index (χ0) is 20.5. The van der Waals surface area contributed by atoms with Crippen LogP contribution in [0.2, 0.25) is 5.02 Å². The maximum absolute atomic E-state index is 12.8. The number of aromatic nitrogens is 4. The van der Waals surface area contributed by atoms with Crippen molar-refractivity contribution in [2.45, 2.75) is 32.2 Å². The molecule has 3 rings (SSSR count). The molecule has 3 aromatic rings. The van der Waals surface area contributed by atoms with Crippen LogP contribution in [0.5, 0.6) is 0 Å². The van der Waals surface area contributed by atoms with E-state index in [0.29, 0.717) is 27.8 Å². The maximum Gasteiger partial charge on any atom is 0.253 e. The van der Waals surface area contributed by atoms with Gasteiger partial charge in [0.25, 0.3) is 5.56 Å². The molecule has 10 heteroatoms. The van der Waals surface area contributed by atoms with E-state index in [-0.39, 0.29) is 23.5 Å². The standard InChI is InChI=1S/C18H20ClN5O3S/c1-12-10-17(25)23(11-20-12)9-8-21-28(26,27)18-13(2)22-24(14(18)3)16-6-4-15(19)5-7-16/h4-7,10-11,21H,8-9H2,1-3H3. The average molecular weight is 422 g/mol. The van der Waals surface area contributed by atoms with Gasteiger partial charge in [0.2, 0.25) is 10.0 Å². The molecule has 2 heterocycles. The molecule has 0 aliphatic heterocycles.